The van der Waals surface area contributed by atoms with Gasteiger partial charge in [0.05, 0.1) is 18.5 Å². The third-order valence-corrected chi connectivity index (χ3v) is 2.81. The van der Waals surface area contributed by atoms with Gasteiger partial charge in [0, 0.05) is 6.54 Å². The molecule has 0 radical (unpaired) electrons. The quantitative estimate of drug-likeness (QED) is 0.767. The fourth-order valence-corrected chi connectivity index (χ4v) is 1.84. The van der Waals surface area contributed by atoms with Crippen molar-refractivity contribution in [2.24, 2.45) is 5.73 Å². The van der Waals surface area contributed by atoms with Crippen molar-refractivity contribution in [3.05, 3.63) is 24.3 Å². The summed E-state index contributed by atoms with van der Waals surface area (Å²) in [6.45, 7) is 0.204. The number of fused-ring (bicyclic) bond motifs is 1. The number of esters is 1. The predicted molar refractivity (Wildman–Crippen MR) is 74.5 cm³/mol. The molecule has 0 fully saturated rings. The lowest BCUT2D eigenvalue weighted by Gasteiger charge is -2.22. The van der Waals surface area contributed by atoms with Crippen molar-refractivity contribution in [3.8, 4) is 0 Å². The number of nitrogens with zero attached hydrogens (tertiary/aromatic N) is 1. The summed E-state index contributed by atoms with van der Waals surface area (Å²) in [5.41, 5.74) is 7.18. The minimum absolute atomic E-state index is 0. The number of hydrogen-bond acceptors (Lipinski definition) is 5. The van der Waals surface area contributed by atoms with Gasteiger partial charge < -0.3 is 15.8 Å². The summed E-state index contributed by atoms with van der Waals surface area (Å²) in [6.07, 6.45) is 0. The third kappa shape index (κ3) is 3.15. The Kier molecular flexibility index (Phi) is 5.14. The maximum Gasteiger partial charge on any atom is 0.325 e. The average molecular weight is 286 g/mol. The van der Waals surface area contributed by atoms with Gasteiger partial charge in [-0.1, -0.05) is 12.1 Å². The molecule has 0 saturated heterocycles. The number of rotatable bonds is 2. The molecule has 3 N–H and O–H groups in total. The summed E-state index contributed by atoms with van der Waals surface area (Å²) in [5, 5.41) is 3.09. The van der Waals surface area contributed by atoms with Crippen molar-refractivity contribution >= 4 is 35.7 Å². The Labute approximate surface area is 117 Å². The number of nitrogens with two attached hydrogens (primary N) is 1. The van der Waals surface area contributed by atoms with Gasteiger partial charge in [0.15, 0.2) is 0 Å². The van der Waals surface area contributed by atoms with Crippen molar-refractivity contribution in [2.45, 2.75) is 6.04 Å². The van der Waals surface area contributed by atoms with Crippen LogP contribution in [0.4, 0.5) is 11.4 Å². The Hall–Kier alpha value is -1.79. The molecule has 1 amide bonds. The molecule has 6 nitrogen and oxygen atoms in total. The van der Waals surface area contributed by atoms with Crippen molar-refractivity contribution in [3.63, 3.8) is 0 Å². The maximum atomic E-state index is 12.1. The van der Waals surface area contributed by atoms with Crippen LogP contribution in [-0.2, 0) is 14.3 Å². The molecule has 2 rings (SSSR count). The molecule has 0 saturated carbocycles. The van der Waals surface area contributed by atoms with Gasteiger partial charge in [-0.25, -0.2) is 0 Å². The first kappa shape index (κ1) is 15.3. The normalized spacial score (nSPS) is 17.7. The summed E-state index contributed by atoms with van der Waals surface area (Å²) in [5.74, 6) is -0.773. The van der Waals surface area contributed by atoms with E-state index in [4.69, 9.17) is 5.73 Å². The predicted octanol–water partition coefficient (Wildman–Crippen LogP) is 0.367. The van der Waals surface area contributed by atoms with Gasteiger partial charge in [0.25, 0.3) is 0 Å². The Morgan fingerprint density at radius 2 is 2.21 bits per heavy atom. The van der Waals surface area contributed by atoms with Crippen molar-refractivity contribution in [2.75, 3.05) is 30.4 Å². The second-order valence-corrected chi connectivity index (χ2v) is 4.01. The van der Waals surface area contributed by atoms with Crippen LogP contribution >= 0.6 is 12.4 Å². The molecule has 1 aromatic rings. The molecule has 19 heavy (non-hydrogen) atoms. The summed E-state index contributed by atoms with van der Waals surface area (Å²) in [6, 6.07) is 6.58. The smallest absolute Gasteiger partial charge is 0.325 e. The molecule has 1 aliphatic rings. The van der Waals surface area contributed by atoms with E-state index >= 15 is 0 Å². The zero-order valence-corrected chi connectivity index (χ0v) is 11.3. The van der Waals surface area contributed by atoms with E-state index in [2.05, 4.69) is 10.1 Å². The van der Waals surface area contributed by atoms with Gasteiger partial charge in [-0.3, -0.25) is 14.5 Å². The Morgan fingerprint density at radius 1 is 1.53 bits per heavy atom. The lowest BCUT2D eigenvalue weighted by molar-refractivity contribution is -0.140. The Bertz CT molecular complexity index is 481. The van der Waals surface area contributed by atoms with E-state index in [1.807, 2.05) is 12.1 Å². The number of halogens is 1. The number of benzene rings is 1. The number of methoxy groups -OCH3 is 1. The van der Waals surface area contributed by atoms with Crippen LogP contribution < -0.4 is 16.0 Å². The fourth-order valence-electron chi connectivity index (χ4n) is 1.84. The van der Waals surface area contributed by atoms with E-state index in [-0.39, 0.29) is 24.9 Å². The number of carbonyl (C=O) groups excluding carboxylic acids is 2. The molecule has 0 aliphatic carbocycles. The first-order chi connectivity index (χ1) is 8.63. The Morgan fingerprint density at radius 3 is 2.89 bits per heavy atom. The molecule has 7 heteroatoms. The number of ether oxygens (including phenoxy) is 1. The highest BCUT2D eigenvalue weighted by Crippen LogP contribution is 2.28. The molecule has 0 aromatic heterocycles. The second-order valence-electron chi connectivity index (χ2n) is 4.01. The van der Waals surface area contributed by atoms with Crippen LogP contribution in [0.25, 0.3) is 0 Å². The van der Waals surface area contributed by atoms with Crippen molar-refractivity contribution in [1.82, 2.24) is 0 Å². The average Bonchev–Trinajstić information content (AvgIpc) is 2.51. The zero-order chi connectivity index (χ0) is 13.1. The fraction of sp³-hybridized carbons (Fsp3) is 0.333. The molecule has 0 unspecified atom stereocenters. The molecule has 104 valence electrons. The first-order valence-electron chi connectivity index (χ1n) is 5.60. The molecule has 0 spiro atoms. The number of nitrogens with one attached hydrogen (secondary N) is 1. The first-order valence-corrected chi connectivity index (χ1v) is 5.60. The third-order valence-electron chi connectivity index (χ3n) is 2.81. The van der Waals surface area contributed by atoms with Gasteiger partial charge in [-0.05, 0) is 12.1 Å². The number of anilines is 2. The molecule has 1 atom stereocenters. The van der Waals surface area contributed by atoms with E-state index in [9.17, 15) is 9.59 Å². The lowest BCUT2D eigenvalue weighted by atomic mass is 10.2. The number of carbonyl (C=O) groups is 2. The van der Waals surface area contributed by atoms with Crippen molar-refractivity contribution < 1.29 is 14.3 Å². The van der Waals surface area contributed by atoms with Crippen LogP contribution in [0.2, 0.25) is 0 Å². The van der Waals surface area contributed by atoms with Crippen LogP contribution in [0.1, 0.15) is 0 Å². The molecule has 1 aromatic carbocycles. The Balaban J connectivity index is 0.00000180. The summed E-state index contributed by atoms with van der Waals surface area (Å²) >= 11 is 0. The van der Waals surface area contributed by atoms with Gasteiger partial charge in [-0.2, -0.15) is 0 Å². The van der Waals surface area contributed by atoms with Crippen LogP contribution in [0, 0.1) is 0 Å². The maximum absolute atomic E-state index is 12.1. The minimum atomic E-state index is -0.679. The number of para-hydroxylation sites is 2. The second kappa shape index (κ2) is 6.40. The highest BCUT2D eigenvalue weighted by Gasteiger charge is 2.29. The molecular weight excluding hydrogens is 270 g/mol. The molecule has 1 aliphatic heterocycles. The van der Waals surface area contributed by atoms with Crippen LogP contribution in [0.3, 0.4) is 0 Å². The topological polar surface area (TPSA) is 84.7 Å². The largest absolute Gasteiger partial charge is 0.468 e. The molecule has 0 bridgehead atoms. The van der Waals surface area contributed by atoms with E-state index in [0.29, 0.717) is 12.2 Å². The lowest BCUT2D eigenvalue weighted by Crippen LogP contribution is -2.47. The highest BCUT2D eigenvalue weighted by molar-refractivity contribution is 6.04. The number of amides is 1. The van der Waals surface area contributed by atoms with Crippen LogP contribution in [0.15, 0.2) is 24.3 Å². The van der Waals surface area contributed by atoms with E-state index < -0.39 is 12.0 Å². The van der Waals surface area contributed by atoms with Crippen LogP contribution in [0.5, 0.6) is 0 Å². The molecule has 1 heterocycles. The summed E-state index contributed by atoms with van der Waals surface area (Å²) < 4.78 is 4.60. The van der Waals surface area contributed by atoms with Gasteiger partial charge in [0.1, 0.15) is 12.6 Å². The van der Waals surface area contributed by atoms with Crippen molar-refractivity contribution in [1.29, 1.82) is 0 Å². The van der Waals surface area contributed by atoms with E-state index in [1.165, 1.54) is 12.0 Å². The van der Waals surface area contributed by atoms with Gasteiger partial charge in [-0.15, -0.1) is 12.4 Å². The van der Waals surface area contributed by atoms with Crippen LogP contribution in [-0.4, -0.2) is 38.1 Å². The van der Waals surface area contributed by atoms with E-state index in [0.717, 1.165) is 5.69 Å². The van der Waals surface area contributed by atoms with Gasteiger partial charge in [0.2, 0.25) is 5.91 Å². The molecular formula is C12H16ClN3O3. The minimum Gasteiger partial charge on any atom is -0.468 e. The van der Waals surface area contributed by atoms with E-state index in [1.54, 1.807) is 12.1 Å². The standard InChI is InChI=1S/C12H15N3O3.ClH/c1-18-11(16)7-15-10-5-3-2-4-9(10)14-6-8(13)12(15)17;/h2-5,8,14H,6-7,13H2,1H3;1H/t8-;/m0./s1. The highest BCUT2D eigenvalue weighted by atomic mass is 35.5. The summed E-state index contributed by atoms with van der Waals surface area (Å²) in [4.78, 5) is 24.8. The number of hydrogen-bond donors (Lipinski definition) is 2. The SMILES string of the molecule is COC(=O)CN1C(=O)[C@@H](N)CNc2ccccc21.Cl. The van der Waals surface area contributed by atoms with Gasteiger partial charge >= 0.3 is 5.97 Å². The monoisotopic (exact) mass is 285 g/mol. The zero-order valence-electron chi connectivity index (χ0n) is 10.5. The summed E-state index contributed by atoms with van der Waals surface area (Å²) in [7, 11) is 1.29.